The molecule has 1 aliphatic carbocycles. The van der Waals surface area contributed by atoms with E-state index < -0.39 is 16.0 Å². The summed E-state index contributed by atoms with van der Waals surface area (Å²) in [6.45, 7) is -0.0436. The number of thiophene rings is 1. The van der Waals surface area contributed by atoms with Gasteiger partial charge in [0.2, 0.25) is 10.0 Å². The summed E-state index contributed by atoms with van der Waals surface area (Å²) in [4.78, 5) is 10.7. The number of aliphatic hydroxyl groups excluding tert-OH is 1. The number of nitrogens with one attached hydrogen (secondary N) is 1. The summed E-state index contributed by atoms with van der Waals surface area (Å²) in [6, 6.07) is 2.30. The third-order valence-electron chi connectivity index (χ3n) is 3.26. The average molecular weight is 305 g/mol. The SMILES string of the molecule is O=C(O)c1ccc(S(=O)(=O)NC2CCCC2CO)s1. The lowest BCUT2D eigenvalue weighted by atomic mass is 10.1. The highest BCUT2D eigenvalue weighted by atomic mass is 32.2. The Balaban J connectivity index is 2.15. The van der Waals surface area contributed by atoms with Crippen molar-refractivity contribution in [2.75, 3.05) is 6.61 Å². The predicted molar refractivity (Wildman–Crippen MR) is 69.8 cm³/mol. The number of rotatable bonds is 5. The van der Waals surface area contributed by atoms with E-state index in [4.69, 9.17) is 5.11 Å². The maximum atomic E-state index is 12.1. The topological polar surface area (TPSA) is 104 Å². The van der Waals surface area contributed by atoms with Crippen molar-refractivity contribution in [2.45, 2.75) is 29.5 Å². The summed E-state index contributed by atoms with van der Waals surface area (Å²) in [5.41, 5.74) is 0. The van der Waals surface area contributed by atoms with Gasteiger partial charge in [0.05, 0.1) is 0 Å². The third kappa shape index (κ3) is 3.14. The first-order chi connectivity index (χ1) is 8.94. The lowest BCUT2D eigenvalue weighted by Crippen LogP contribution is -2.38. The molecule has 1 fully saturated rings. The van der Waals surface area contributed by atoms with Gasteiger partial charge in [-0.25, -0.2) is 17.9 Å². The summed E-state index contributed by atoms with van der Waals surface area (Å²) in [5.74, 6) is -1.20. The van der Waals surface area contributed by atoms with Gasteiger partial charge in [0, 0.05) is 12.6 Å². The quantitative estimate of drug-likeness (QED) is 0.749. The van der Waals surface area contributed by atoms with Gasteiger partial charge in [-0.1, -0.05) is 6.42 Å². The van der Waals surface area contributed by atoms with Crippen LogP contribution in [0.15, 0.2) is 16.3 Å². The molecule has 0 radical (unpaired) electrons. The van der Waals surface area contributed by atoms with Gasteiger partial charge in [0.15, 0.2) is 0 Å². The first kappa shape index (κ1) is 14.4. The van der Waals surface area contributed by atoms with Crippen molar-refractivity contribution in [3.63, 3.8) is 0 Å². The minimum Gasteiger partial charge on any atom is -0.477 e. The van der Waals surface area contributed by atoms with E-state index >= 15 is 0 Å². The van der Waals surface area contributed by atoms with Crippen LogP contribution in [0.4, 0.5) is 0 Å². The zero-order chi connectivity index (χ0) is 14.0. The molecule has 3 N–H and O–H groups in total. The first-order valence-corrected chi connectivity index (χ1v) is 8.20. The number of aromatic carboxylic acids is 1. The van der Waals surface area contributed by atoms with Crippen molar-refractivity contribution in [3.05, 3.63) is 17.0 Å². The molecule has 0 bridgehead atoms. The van der Waals surface area contributed by atoms with Crippen molar-refractivity contribution in [1.82, 2.24) is 4.72 Å². The molecule has 0 saturated heterocycles. The van der Waals surface area contributed by atoms with Gasteiger partial charge in [0.25, 0.3) is 0 Å². The Morgan fingerprint density at radius 3 is 2.74 bits per heavy atom. The highest BCUT2D eigenvalue weighted by molar-refractivity contribution is 7.91. The van der Waals surface area contributed by atoms with Crippen LogP contribution in [0.25, 0.3) is 0 Å². The van der Waals surface area contributed by atoms with Crippen LogP contribution < -0.4 is 4.72 Å². The van der Waals surface area contributed by atoms with E-state index in [-0.39, 0.29) is 27.7 Å². The number of carboxylic acid groups (broad SMARTS) is 1. The molecule has 1 saturated carbocycles. The van der Waals surface area contributed by atoms with Crippen LogP contribution in [-0.2, 0) is 10.0 Å². The molecular weight excluding hydrogens is 290 g/mol. The van der Waals surface area contributed by atoms with Crippen LogP contribution in [0.2, 0.25) is 0 Å². The van der Waals surface area contributed by atoms with Gasteiger partial charge in [0.1, 0.15) is 9.09 Å². The average Bonchev–Trinajstić information content (AvgIpc) is 2.95. The Hall–Kier alpha value is -0.960. The van der Waals surface area contributed by atoms with Gasteiger partial charge in [-0.3, -0.25) is 0 Å². The second kappa shape index (κ2) is 5.58. The molecule has 2 atom stereocenters. The maximum Gasteiger partial charge on any atom is 0.345 e. The molecule has 19 heavy (non-hydrogen) atoms. The van der Waals surface area contributed by atoms with Crippen LogP contribution in [0.3, 0.4) is 0 Å². The van der Waals surface area contributed by atoms with Gasteiger partial charge in [-0.15, -0.1) is 11.3 Å². The number of carbonyl (C=O) groups is 1. The molecule has 1 aromatic heterocycles. The zero-order valence-corrected chi connectivity index (χ0v) is 11.7. The molecular formula is C11H15NO5S2. The molecule has 2 unspecified atom stereocenters. The Labute approximate surface area is 115 Å². The molecule has 8 heteroatoms. The summed E-state index contributed by atoms with van der Waals surface area (Å²) in [7, 11) is -3.71. The molecule has 6 nitrogen and oxygen atoms in total. The third-order valence-corrected chi connectivity index (χ3v) is 6.31. The van der Waals surface area contributed by atoms with Crippen molar-refractivity contribution >= 4 is 27.3 Å². The van der Waals surface area contributed by atoms with Crippen molar-refractivity contribution in [2.24, 2.45) is 5.92 Å². The van der Waals surface area contributed by atoms with Gasteiger partial charge in [-0.2, -0.15) is 0 Å². The zero-order valence-electron chi connectivity index (χ0n) is 10.1. The minimum atomic E-state index is -3.71. The van der Waals surface area contributed by atoms with Gasteiger partial charge < -0.3 is 10.2 Å². The lowest BCUT2D eigenvalue weighted by molar-refractivity contribution is 0.0702. The molecule has 106 valence electrons. The summed E-state index contributed by atoms with van der Waals surface area (Å²) in [6.07, 6.45) is 2.37. The largest absolute Gasteiger partial charge is 0.477 e. The summed E-state index contributed by atoms with van der Waals surface area (Å²) < 4.78 is 26.8. The standard InChI is InChI=1S/C11H15NO5S2/c13-6-7-2-1-3-8(7)12-19(16,17)10-5-4-9(18-10)11(14)15/h4-5,7-8,12-13H,1-3,6H2,(H,14,15). The smallest absolute Gasteiger partial charge is 0.345 e. The Kier molecular flexibility index (Phi) is 4.24. The van der Waals surface area contributed by atoms with Crippen molar-refractivity contribution < 1.29 is 23.4 Å². The molecule has 1 aromatic rings. The normalized spacial score (nSPS) is 23.6. The number of aliphatic hydroxyl groups is 1. The van der Waals surface area contributed by atoms with Crippen molar-refractivity contribution in [3.8, 4) is 0 Å². The van der Waals surface area contributed by atoms with Crippen molar-refractivity contribution in [1.29, 1.82) is 0 Å². The monoisotopic (exact) mass is 305 g/mol. The first-order valence-electron chi connectivity index (χ1n) is 5.90. The van der Waals surface area contributed by atoms with Gasteiger partial charge in [-0.05, 0) is 30.9 Å². The fourth-order valence-electron chi connectivity index (χ4n) is 2.25. The molecule has 1 heterocycles. The van der Waals surface area contributed by atoms with E-state index in [0.29, 0.717) is 6.42 Å². The van der Waals surface area contributed by atoms with Crippen LogP contribution in [0.5, 0.6) is 0 Å². The van der Waals surface area contributed by atoms with E-state index in [1.807, 2.05) is 0 Å². The van der Waals surface area contributed by atoms with E-state index in [9.17, 15) is 18.3 Å². The number of carboxylic acids is 1. The molecule has 0 aliphatic heterocycles. The highest BCUT2D eigenvalue weighted by Gasteiger charge is 2.31. The minimum absolute atomic E-state index is 0.00603. The lowest BCUT2D eigenvalue weighted by Gasteiger charge is -2.18. The fraction of sp³-hybridized carbons (Fsp3) is 0.545. The second-order valence-electron chi connectivity index (χ2n) is 4.53. The number of hydrogen-bond acceptors (Lipinski definition) is 5. The van der Waals surface area contributed by atoms with Crippen LogP contribution in [-0.4, -0.2) is 37.2 Å². The molecule has 0 spiro atoms. The van der Waals surface area contributed by atoms with E-state index in [1.165, 1.54) is 12.1 Å². The molecule has 1 aliphatic rings. The summed E-state index contributed by atoms with van der Waals surface area (Å²) >= 11 is 0.728. The predicted octanol–water partition coefficient (Wildman–Crippen LogP) is 0.886. The van der Waals surface area contributed by atoms with E-state index in [0.717, 1.165) is 24.2 Å². The van der Waals surface area contributed by atoms with E-state index in [1.54, 1.807) is 0 Å². The Morgan fingerprint density at radius 2 is 2.16 bits per heavy atom. The van der Waals surface area contributed by atoms with E-state index in [2.05, 4.69) is 4.72 Å². The summed E-state index contributed by atoms with van der Waals surface area (Å²) in [5, 5.41) is 18.0. The number of sulfonamides is 1. The Morgan fingerprint density at radius 1 is 1.42 bits per heavy atom. The molecule has 2 rings (SSSR count). The van der Waals surface area contributed by atoms with Crippen LogP contribution in [0, 0.1) is 5.92 Å². The Bertz CT molecular complexity index is 565. The second-order valence-corrected chi connectivity index (χ2v) is 7.55. The molecule has 0 amide bonds. The highest BCUT2D eigenvalue weighted by Crippen LogP contribution is 2.28. The van der Waals surface area contributed by atoms with Crippen LogP contribution >= 0.6 is 11.3 Å². The number of hydrogen-bond donors (Lipinski definition) is 3. The fourth-order valence-corrected chi connectivity index (χ4v) is 4.75. The molecule has 0 aromatic carbocycles. The van der Waals surface area contributed by atoms with Crippen LogP contribution in [0.1, 0.15) is 28.9 Å². The maximum absolute atomic E-state index is 12.1. The van der Waals surface area contributed by atoms with Gasteiger partial charge >= 0.3 is 5.97 Å².